The number of aromatic nitrogens is 2. The summed E-state index contributed by atoms with van der Waals surface area (Å²) in [6, 6.07) is -0.0892. The third-order valence-corrected chi connectivity index (χ3v) is 5.78. The van der Waals surface area contributed by atoms with Crippen molar-refractivity contribution >= 4 is 16.0 Å². The van der Waals surface area contributed by atoms with Gasteiger partial charge in [-0.2, -0.15) is 9.40 Å². The van der Waals surface area contributed by atoms with Crippen LogP contribution in [-0.4, -0.2) is 47.1 Å². The second kappa shape index (κ2) is 5.53. The first-order chi connectivity index (χ1) is 9.34. The van der Waals surface area contributed by atoms with E-state index in [1.165, 1.54) is 11.4 Å². The minimum atomic E-state index is -3.86. The molecule has 0 saturated heterocycles. The Morgan fingerprint density at radius 3 is 2.80 bits per heavy atom. The van der Waals surface area contributed by atoms with Gasteiger partial charge in [0.05, 0.1) is 6.20 Å². The number of nitrogens with one attached hydrogen (secondary N) is 1. The summed E-state index contributed by atoms with van der Waals surface area (Å²) in [6.07, 6.45) is 4.71. The van der Waals surface area contributed by atoms with Crippen LogP contribution in [-0.2, 0) is 10.0 Å². The maximum absolute atomic E-state index is 12.5. The van der Waals surface area contributed by atoms with Gasteiger partial charge in [0.25, 0.3) is 10.0 Å². The van der Waals surface area contributed by atoms with Crippen LogP contribution in [0.3, 0.4) is 0 Å². The molecule has 20 heavy (non-hydrogen) atoms. The Hall–Kier alpha value is -1.41. The van der Waals surface area contributed by atoms with Crippen molar-refractivity contribution in [2.45, 2.75) is 43.7 Å². The molecule has 1 aliphatic rings. The normalized spacial score (nSPS) is 23.9. The summed E-state index contributed by atoms with van der Waals surface area (Å²) in [4.78, 5) is 11.0. The maximum atomic E-state index is 12.5. The second-order valence-electron chi connectivity index (χ2n) is 5.36. The van der Waals surface area contributed by atoms with Crippen molar-refractivity contribution in [2.24, 2.45) is 5.92 Å². The summed E-state index contributed by atoms with van der Waals surface area (Å²) in [5, 5.41) is 14.5. The predicted octanol–water partition coefficient (Wildman–Crippen LogP) is 1.31. The first-order valence-corrected chi connectivity index (χ1v) is 8.02. The van der Waals surface area contributed by atoms with Crippen LogP contribution in [0.4, 0.5) is 0 Å². The van der Waals surface area contributed by atoms with Crippen molar-refractivity contribution in [1.82, 2.24) is 14.5 Å². The molecular formula is C12H19N3O4S. The van der Waals surface area contributed by atoms with Gasteiger partial charge in [-0.25, -0.2) is 13.2 Å². The number of sulfonamides is 1. The molecule has 8 heteroatoms. The average molecular weight is 301 g/mol. The number of aromatic carboxylic acids is 1. The molecule has 1 heterocycles. The van der Waals surface area contributed by atoms with Crippen LogP contribution in [0.15, 0.2) is 11.2 Å². The van der Waals surface area contributed by atoms with Crippen molar-refractivity contribution in [2.75, 3.05) is 7.05 Å². The third-order valence-electron chi connectivity index (χ3n) is 3.89. The van der Waals surface area contributed by atoms with Crippen LogP contribution in [0.5, 0.6) is 0 Å². The van der Waals surface area contributed by atoms with E-state index in [2.05, 4.69) is 17.1 Å². The SMILES string of the molecule is CC1CCCC(N(C)S(=O)(=O)c2[nH]ncc2C(=O)O)C1. The molecule has 0 aliphatic heterocycles. The van der Waals surface area contributed by atoms with Gasteiger partial charge >= 0.3 is 5.97 Å². The van der Waals surface area contributed by atoms with Gasteiger partial charge in [-0.15, -0.1) is 0 Å². The number of aromatic amines is 1. The molecule has 2 atom stereocenters. The summed E-state index contributed by atoms with van der Waals surface area (Å²) in [5.74, 6) is -0.824. The minimum Gasteiger partial charge on any atom is -0.478 e. The Morgan fingerprint density at radius 2 is 2.20 bits per heavy atom. The van der Waals surface area contributed by atoms with Crippen molar-refractivity contribution in [3.8, 4) is 0 Å². The molecule has 1 aromatic heterocycles. The zero-order valence-electron chi connectivity index (χ0n) is 11.5. The molecule has 2 N–H and O–H groups in total. The zero-order chi connectivity index (χ0) is 14.9. The van der Waals surface area contributed by atoms with E-state index < -0.39 is 16.0 Å². The molecule has 112 valence electrons. The van der Waals surface area contributed by atoms with E-state index in [1.54, 1.807) is 0 Å². The van der Waals surface area contributed by atoms with E-state index in [4.69, 9.17) is 5.11 Å². The van der Waals surface area contributed by atoms with Gasteiger partial charge in [0, 0.05) is 13.1 Å². The quantitative estimate of drug-likeness (QED) is 0.872. The topological polar surface area (TPSA) is 103 Å². The fourth-order valence-corrected chi connectivity index (χ4v) is 4.15. The number of carbonyl (C=O) groups is 1. The van der Waals surface area contributed by atoms with Crippen LogP contribution in [0.25, 0.3) is 0 Å². The van der Waals surface area contributed by atoms with E-state index >= 15 is 0 Å². The number of hydrogen-bond donors (Lipinski definition) is 2. The molecule has 2 rings (SSSR count). The average Bonchev–Trinajstić information content (AvgIpc) is 2.87. The van der Waals surface area contributed by atoms with Gasteiger partial charge in [-0.05, 0) is 18.8 Å². The van der Waals surface area contributed by atoms with E-state index in [0.29, 0.717) is 5.92 Å². The van der Waals surface area contributed by atoms with Gasteiger partial charge in [-0.1, -0.05) is 19.8 Å². The minimum absolute atomic E-state index is 0.0892. The number of hydrogen-bond acceptors (Lipinski definition) is 4. The van der Waals surface area contributed by atoms with Gasteiger partial charge in [0.15, 0.2) is 5.03 Å². The molecule has 1 aliphatic carbocycles. The highest BCUT2D eigenvalue weighted by atomic mass is 32.2. The lowest BCUT2D eigenvalue weighted by Crippen LogP contribution is -2.40. The Bertz CT molecular complexity index is 596. The zero-order valence-corrected chi connectivity index (χ0v) is 12.4. The molecule has 0 bridgehead atoms. The molecule has 1 saturated carbocycles. The van der Waals surface area contributed by atoms with Crippen molar-refractivity contribution in [3.63, 3.8) is 0 Å². The number of carboxylic acids is 1. The molecule has 0 spiro atoms. The van der Waals surface area contributed by atoms with E-state index in [9.17, 15) is 13.2 Å². The summed E-state index contributed by atoms with van der Waals surface area (Å²) >= 11 is 0. The molecule has 7 nitrogen and oxygen atoms in total. The summed E-state index contributed by atoms with van der Waals surface area (Å²) < 4.78 is 26.3. The summed E-state index contributed by atoms with van der Waals surface area (Å²) in [7, 11) is -2.36. The molecule has 0 amide bonds. The van der Waals surface area contributed by atoms with Crippen LogP contribution in [0.1, 0.15) is 43.0 Å². The Balaban J connectivity index is 2.29. The summed E-state index contributed by atoms with van der Waals surface area (Å²) in [5.41, 5.74) is -0.319. The lowest BCUT2D eigenvalue weighted by Gasteiger charge is -2.33. The number of H-pyrrole nitrogens is 1. The molecule has 0 radical (unpaired) electrons. The van der Waals surface area contributed by atoms with Crippen LogP contribution in [0, 0.1) is 5.92 Å². The highest BCUT2D eigenvalue weighted by Gasteiger charge is 2.34. The highest BCUT2D eigenvalue weighted by molar-refractivity contribution is 7.89. The fourth-order valence-electron chi connectivity index (χ4n) is 2.70. The largest absolute Gasteiger partial charge is 0.478 e. The fraction of sp³-hybridized carbons (Fsp3) is 0.667. The number of nitrogens with zero attached hydrogens (tertiary/aromatic N) is 2. The maximum Gasteiger partial charge on any atom is 0.340 e. The van der Waals surface area contributed by atoms with Crippen molar-refractivity contribution in [3.05, 3.63) is 11.8 Å². The number of carboxylic acid groups (broad SMARTS) is 1. The van der Waals surface area contributed by atoms with Gasteiger partial charge in [0.1, 0.15) is 5.56 Å². The van der Waals surface area contributed by atoms with Crippen LogP contribution < -0.4 is 0 Å². The van der Waals surface area contributed by atoms with Gasteiger partial charge in [0.2, 0.25) is 0 Å². The van der Waals surface area contributed by atoms with Crippen LogP contribution >= 0.6 is 0 Å². The standard InChI is InChI=1S/C12H19N3O4S/c1-8-4-3-5-9(6-8)15(2)20(18,19)11-10(12(16)17)7-13-14-11/h7-9H,3-6H2,1-2H3,(H,13,14)(H,16,17). The lowest BCUT2D eigenvalue weighted by molar-refractivity contribution is 0.0692. The third kappa shape index (κ3) is 2.71. The predicted molar refractivity (Wildman–Crippen MR) is 71.9 cm³/mol. The number of rotatable bonds is 4. The molecule has 2 unspecified atom stereocenters. The Kier molecular flexibility index (Phi) is 4.14. The second-order valence-corrected chi connectivity index (χ2v) is 7.30. The molecule has 0 aromatic carbocycles. The molecular weight excluding hydrogens is 282 g/mol. The van der Waals surface area contributed by atoms with E-state index in [1.807, 2.05) is 0 Å². The first-order valence-electron chi connectivity index (χ1n) is 6.58. The van der Waals surface area contributed by atoms with Gasteiger partial charge in [-0.3, -0.25) is 5.10 Å². The van der Waals surface area contributed by atoms with E-state index in [-0.39, 0.29) is 16.6 Å². The van der Waals surface area contributed by atoms with Crippen molar-refractivity contribution < 1.29 is 18.3 Å². The van der Waals surface area contributed by atoms with E-state index in [0.717, 1.165) is 31.9 Å². The summed E-state index contributed by atoms with van der Waals surface area (Å²) in [6.45, 7) is 2.10. The molecule has 1 fully saturated rings. The van der Waals surface area contributed by atoms with Crippen molar-refractivity contribution in [1.29, 1.82) is 0 Å². The first kappa shape index (κ1) is 15.0. The monoisotopic (exact) mass is 301 g/mol. The Morgan fingerprint density at radius 1 is 1.50 bits per heavy atom. The lowest BCUT2D eigenvalue weighted by atomic mass is 9.87. The van der Waals surface area contributed by atoms with Gasteiger partial charge < -0.3 is 5.11 Å². The highest BCUT2D eigenvalue weighted by Crippen LogP contribution is 2.30. The van der Waals surface area contributed by atoms with Crippen LogP contribution in [0.2, 0.25) is 0 Å². The smallest absolute Gasteiger partial charge is 0.340 e. The molecule has 1 aromatic rings. The Labute approximate surface area is 118 Å².